The third kappa shape index (κ3) is 5.22. The maximum absolute atomic E-state index is 14.5. The number of carboxylic acids is 2. The fourth-order valence-electron chi connectivity index (χ4n) is 2.73. The maximum atomic E-state index is 14.5. The van der Waals surface area contributed by atoms with Crippen LogP contribution in [0.3, 0.4) is 0 Å². The summed E-state index contributed by atoms with van der Waals surface area (Å²) in [7, 11) is 0. The first kappa shape index (κ1) is 21.5. The van der Waals surface area contributed by atoms with Crippen LogP contribution in [0.4, 0.5) is 4.39 Å². The average Bonchev–Trinajstić information content (AvgIpc) is 2.92. The van der Waals surface area contributed by atoms with Gasteiger partial charge in [0.25, 0.3) is 0 Å². The number of halogens is 1. The van der Waals surface area contributed by atoms with Crippen LogP contribution in [0.5, 0.6) is 17.4 Å². The van der Waals surface area contributed by atoms with Gasteiger partial charge < -0.3 is 20.1 Å². The van der Waals surface area contributed by atoms with Crippen molar-refractivity contribution >= 4 is 35.5 Å². The van der Waals surface area contributed by atoms with Gasteiger partial charge in [-0.15, -0.1) is 11.3 Å². The van der Waals surface area contributed by atoms with Gasteiger partial charge >= 0.3 is 11.9 Å². The van der Waals surface area contributed by atoms with Gasteiger partial charge in [-0.3, -0.25) is 14.2 Å². The molecule has 0 aliphatic rings. The lowest BCUT2D eigenvalue weighted by Gasteiger charge is -2.09. The summed E-state index contributed by atoms with van der Waals surface area (Å²) in [5.41, 5.74) is 0.904. The van der Waals surface area contributed by atoms with Crippen molar-refractivity contribution < 1.29 is 34.0 Å². The van der Waals surface area contributed by atoms with Gasteiger partial charge in [0.2, 0.25) is 5.88 Å². The predicted molar refractivity (Wildman–Crippen MR) is 110 cm³/mol. The van der Waals surface area contributed by atoms with Crippen LogP contribution in [0.2, 0.25) is 0 Å². The smallest absolute Gasteiger partial charge is 0.323 e. The molecule has 156 valence electrons. The summed E-state index contributed by atoms with van der Waals surface area (Å²) in [5.74, 6) is -2.24. The molecule has 0 bridgehead atoms. The highest BCUT2D eigenvalue weighted by molar-refractivity contribution is 7.73. The van der Waals surface area contributed by atoms with E-state index in [0.29, 0.717) is 16.2 Å². The molecule has 0 atom stereocenters. The van der Waals surface area contributed by atoms with Gasteiger partial charge in [0.05, 0.1) is 11.3 Å². The number of carbonyl (C=O) groups is 2. The monoisotopic (exact) mass is 449 g/mol. The molecule has 0 fully saturated rings. The van der Waals surface area contributed by atoms with E-state index < -0.39 is 24.3 Å². The third-order valence-corrected chi connectivity index (χ3v) is 5.56. The normalized spacial score (nSPS) is 10.7. The Balaban J connectivity index is 1.74. The Morgan fingerprint density at radius 1 is 1.07 bits per heavy atom. The highest BCUT2D eigenvalue weighted by Gasteiger charge is 2.16. The summed E-state index contributed by atoms with van der Waals surface area (Å²) >= 11 is 6.09. The van der Waals surface area contributed by atoms with Gasteiger partial charge in [-0.1, -0.05) is 18.2 Å². The minimum Gasteiger partial charge on any atom is -0.494 e. The predicted octanol–water partition coefficient (Wildman–Crippen LogP) is 4.22. The van der Waals surface area contributed by atoms with Gasteiger partial charge in [-0.05, 0) is 41.5 Å². The number of hydrogen-bond acceptors (Lipinski definition) is 6. The van der Waals surface area contributed by atoms with E-state index in [1.165, 1.54) is 12.1 Å². The van der Waals surface area contributed by atoms with Gasteiger partial charge in [0, 0.05) is 12.5 Å². The lowest BCUT2D eigenvalue weighted by molar-refractivity contribution is -0.138. The Morgan fingerprint density at radius 3 is 2.33 bits per heavy atom. The molecule has 1 heterocycles. The summed E-state index contributed by atoms with van der Waals surface area (Å²) in [5, 5.41) is 27.9. The molecule has 0 aliphatic carbocycles. The molecular formula is C20H16FNO6S2. The van der Waals surface area contributed by atoms with Crippen LogP contribution < -0.4 is 4.74 Å². The van der Waals surface area contributed by atoms with Crippen LogP contribution in [-0.4, -0.2) is 31.8 Å². The van der Waals surface area contributed by atoms with Crippen molar-refractivity contribution in [2.45, 2.75) is 19.4 Å². The Hall–Kier alpha value is -3.24. The number of hydrogen-bond donors (Lipinski definition) is 3. The maximum Gasteiger partial charge on any atom is 0.323 e. The molecule has 1 aromatic heterocycles. The van der Waals surface area contributed by atoms with E-state index >= 15 is 0 Å². The number of aliphatic carboxylic acids is 2. The molecule has 0 spiro atoms. The van der Waals surface area contributed by atoms with Crippen molar-refractivity contribution in [2.24, 2.45) is 0 Å². The molecule has 10 heteroatoms. The SMILES string of the molecule is O=C(O)Cc1ccc(Oc2ccc(Cc3sc(=S)n(CC(=O)O)c3O)c(F)c2)cc1. The molecule has 3 rings (SSSR count). The quantitative estimate of drug-likeness (QED) is 0.442. The molecular weight excluding hydrogens is 433 g/mol. The Morgan fingerprint density at radius 2 is 1.73 bits per heavy atom. The van der Waals surface area contributed by atoms with E-state index in [1.54, 1.807) is 30.3 Å². The van der Waals surface area contributed by atoms with Crippen molar-refractivity contribution in [1.82, 2.24) is 4.57 Å². The van der Waals surface area contributed by atoms with Crippen LogP contribution in [0.25, 0.3) is 0 Å². The number of aromatic hydroxyl groups is 1. The van der Waals surface area contributed by atoms with E-state index in [2.05, 4.69) is 0 Å². The summed E-state index contributed by atoms with van der Waals surface area (Å²) < 4.78 is 21.4. The third-order valence-electron chi connectivity index (χ3n) is 4.12. The zero-order valence-electron chi connectivity index (χ0n) is 15.4. The molecule has 0 aliphatic heterocycles. The fourth-order valence-corrected chi connectivity index (χ4v) is 4.08. The zero-order chi connectivity index (χ0) is 21.8. The van der Waals surface area contributed by atoms with Crippen molar-refractivity contribution in [3.8, 4) is 17.4 Å². The van der Waals surface area contributed by atoms with E-state index in [9.17, 15) is 19.1 Å². The van der Waals surface area contributed by atoms with Crippen molar-refractivity contribution in [3.05, 3.63) is 68.2 Å². The minimum atomic E-state index is -1.14. The first-order valence-electron chi connectivity index (χ1n) is 8.63. The highest BCUT2D eigenvalue weighted by atomic mass is 32.1. The van der Waals surface area contributed by atoms with Crippen molar-refractivity contribution in [3.63, 3.8) is 0 Å². The molecule has 2 aromatic carbocycles. The van der Waals surface area contributed by atoms with Gasteiger partial charge in [0.15, 0.2) is 3.95 Å². The number of benzene rings is 2. The molecule has 7 nitrogen and oxygen atoms in total. The molecule has 30 heavy (non-hydrogen) atoms. The van der Waals surface area contributed by atoms with Gasteiger partial charge in [-0.2, -0.15) is 0 Å². The number of carboxylic acid groups (broad SMARTS) is 2. The molecule has 0 amide bonds. The largest absolute Gasteiger partial charge is 0.494 e. The Bertz CT molecular complexity index is 1150. The number of ether oxygens (including phenoxy) is 1. The standard InChI is InChI=1S/C20H16FNO6S2/c21-15-9-14(28-13-4-1-11(2-5-13)7-17(23)24)6-3-12(15)8-16-19(27)22(10-18(25)26)20(29)30-16/h1-6,9,27H,7-8,10H2,(H,23,24)(H,25,26). The fraction of sp³-hybridized carbons (Fsp3) is 0.150. The van der Waals surface area contributed by atoms with E-state index in [4.69, 9.17) is 27.2 Å². The van der Waals surface area contributed by atoms with Crippen LogP contribution in [0.15, 0.2) is 42.5 Å². The molecule has 3 N–H and O–H groups in total. The molecule has 3 aromatic rings. The zero-order valence-corrected chi connectivity index (χ0v) is 17.0. The number of nitrogens with zero attached hydrogens (tertiary/aromatic N) is 1. The number of thiazole rings is 1. The highest BCUT2D eigenvalue weighted by Crippen LogP contribution is 2.31. The van der Waals surface area contributed by atoms with Crippen LogP contribution in [0, 0.1) is 9.77 Å². The van der Waals surface area contributed by atoms with Crippen molar-refractivity contribution in [1.29, 1.82) is 0 Å². The van der Waals surface area contributed by atoms with Gasteiger partial charge in [-0.25, -0.2) is 4.39 Å². The van der Waals surface area contributed by atoms with Gasteiger partial charge in [0.1, 0.15) is 23.9 Å². The Labute approximate surface area is 179 Å². The second-order valence-electron chi connectivity index (χ2n) is 6.34. The summed E-state index contributed by atoms with van der Waals surface area (Å²) in [6, 6.07) is 10.7. The second-order valence-corrected chi connectivity index (χ2v) is 8.07. The Kier molecular flexibility index (Phi) is 6.48. The minimum absolute atomic E-state index is 0.0444. The van der Waals surface area contributed by atoms with Crippen LogP contribution >= 0.6 is 23.6 Å². The molecule has 0 saturated heterocycles. The topological polar surface area (TPSA) is 109 Å². The lowest BCUT2D eigenvalue weighted by Crippen LogP contribution is -2.08. The second kappa shape index (κ2) is 9.06. The van der Waals surface area contributed by atoms with E-state index in [1.807, 2.05) is 0 Å². The lowest BCUT2D eigenvalue weighted by atomic mass is 10.1. The van der Waals surface area contributed by atoms with Crippen molar-refractivity contribution in [2.75, 3.05) is 0 Å². The average molecular weight is 449 g/mol. The van der Waals surface area contributed by atoms with Crippen LogP contribution in [0.1, 0.15) is 16.0 Å². The molecule has 0 radical (unpaired) electrons. The summed E-state index contributed by atoms with van der Waals surface area (Å²) in [4.78, 5) is 22.0. The summed E-state index contributed by atoms with van der Waals surface area (Å²) in [6.07, 6.45) is -0.0552. The number of aromatic nitrogens is 1. The first-order chi connectivity index (χ1) is 14.2. The van der Waals surface area contributed by atoms with E-state index in [-0.39, 0.29) is 34.0 Å². The molecule has 0 unspecified atom stereocenters. The number of rotatable bonds is 8. The van der Waals surface area contributed by atoms with E-state index in [0.717, 1.165) is 15.9 Å². The molecule has 0 saturated carbocycles. The summed E-state index contributed by atoms with van der Waals surface area (Å²) in [6.45, 7) is -0.471. The first-order valence-corrected chi connectivity index (χ1v) is 9.85. The van der Waals surface area contributed by atoms with Crippen LogP contribution in [-0.2, 0) is 29.0 Å².